The van der Waals surface area contributed by atoms with Crippen LogP contribution in [0.3, 0.4) is 0 Å². The summed E-state index contributed by atoms with van der Waals surface area (Å²) in [5.74, 6) is 0.940. The van der Waals surface area contributed by atoms with Gasteiger partial charge in [-0.2, -0.15) is 13.2 Å². The van der Waals surface area contributed by atoms with Crippen molar-refractivity contribution in [3.8, 4) is 0 Å². The molecule has 0 spiro atoms. The Morgan fingerprint density at radius 3 is 2.68 bits per heavy atom. The van der Waals surface area contributed by atoms with Gasteiger partial charge in [0.15, 0.2) is 0 Å². The van der Waals surface area contributed by atoms with Crippen molar-refractivity contribution in [3.05, 3.63) is 23.7 Å². The van der Waals surface area contributed by atoms with E-state index in [1.165, 1.54) is 0 Å². The molecule has 0 aliphatic heterocycles. The summed E-state index contributed by atoms with van der Waals surface area (Å²) in [6.45, 7) is 1.90. The molecule has 0 saturated carbocycles. The van der Waals surface area contributed by atoms with E-state index in [1.54, 1.807) is 26.0 Å². The molecule has 1 atom stereocenters. The Kier molecular flexibility index (Phi) is 5.41. The lowest BCUT2D eigenvalue weighted by atomic mass is 10.2. The molecule has 1 unspecified atom stereocenters. The maximum atomic E-state index is 11.8. The summed E-state index contributed by atoms with van der Waals surface area (Å²) in [5, 5.41) is 2.61. The number of hydrogen-bond acceptors (Lipinski definition) is 3. The zero-order valence-electron chi connectivity index (χ0n) is 10.7. The zero-order valence-corrected chi connectivity index (χ0v) is 10.7. The van der Waals surface area contributed by atoms with Crippen molar-refractivity contribution in [2.24, 2.45) is 0 Å². The highest BCUT2D eigenvalue weighted by molar-refractivity contribution is 5.76. The van der Waals surface area contributed by atoms with Gasteiger partial charge in [-0.1, -0.05) is 0 Å². The first-order chi connectivity index (χ1) is 8.78. The summed E-state index contributed by atoms with van der Waals surface area (Å²) in [5.41, 5.74) is 0. The van der Waals surface area contributed by atoms with Crippen molar-refractivity contribution in [1.29, 1.82) is 0 Å². The van der Waals surface area contributed by atoms with Crippen LogP contribution >= 0.6 is 0 Å². The number of nitrogens with one attached hydrogen (secondary N) is 1. The molecular weight excluding hydrogens is 263 g/mol. The molecule has 0 fully saturated rings. The topological polar surface area (TPSA) is 51.5 Å². The highest BCUT2D eigenvalue weighted by Gasteiger charge is 2.27. The molecule has 0 radical (unpaired) electrons. The smallest absolute Gasteiger partial charge is 0.411 e. The van der Waals surface area contributed by atoms with Gasteiger partial charge in [-0.3, -0.25) is 4.79 Å². The van der Waals surface area contributed by atoms with Gasteiger partial charge in [-0.05, 0) is 26.0 Å². The molecule has 1 heterocycles. The van der Waals surface area contributed by atoms with Crippen LogP contribution in [0.2, 0.25) is 0 Å². The maximum absolute atomic E-state index is 11.8. The molecule has 0 aliphatic carbocycles. The van der Waals surface area contributed by atoms with Gasteiger partial charge < -0.3 is 14.5 Å². The average Bonchev–Trinajstić information content (AvgIpc) is 2.70. The second-order valence-corrected chi connectivity index (χ2v) is 4.16. The van der Waals surface area contributed by atoms with E-state index in [1.807, 2.05) is 0 Å². The summed E-state index contributed by atoms with van der Waals surface area (Å²) < 4.78 is 45.0. The zero-order chi connectivity index (χ0) is 14.5. The number of amides is 1. The van der Waals surface area contributed by atoms with Crippen molar-refractivity contribution < 1.29 is 27.1 Å². The Morgan fingerprint density at radius 1 is 1.47 bits per heavy atom. The molecule has 1 aromatic heterocycles. The fourth-order valence-electron chi connectivity index (χ4n) is 1.42. The van der Waals surface area contributed by atoms with E-state index in [-0.39, 0.29) is 25.0 Å². The predicted octanol–water partition coefficient (Wildman–Crippen LogP) is 2.73. The molecule has 1 aromatic rings. The van der Waals surface area contributed by atoms with Crippen LogP contribution in [0.15, 0.2) is 16.5 Å². The van der Waals surface area contributed by atoms with Gasteiger partial charge >= 0.3 is 6.18 Å². The van der Waals surface area contributed by atoms with Crippen LogP contribution in [0.25, 0.3) is 0 Å². The van der Waals surface area contributed by atoms with Crippen molar-refractivity contribution in [2.45, 2.75) is 32.5 Å². The van der Waals surface area contributed by atoms with Crippen molar-refractivity contribution in [3.63, 3.8) is 0 Å². The fourth-order valence-corrected chi connectivity index (χ4v) is 1.42. The molecule has 1 N–H and O–H groups in total. The first-order valence-corrected chi connectivity index (χ1v) is 5.78. The van der Waals surface area contributed by atoms with E-state index in [2.05, 4.69) is 10.1 Å². The Labute approximate surface area is 108 Å². The summed E-state index contributed by atoms with van der Waals surface area (Å²) in [7, 11) is 0. The van der Waals surface area contributed by atoms with Crippen LogP contribution in [-0.2, 0) is 9.53 Å². The number of hydrogen-bond donors (Lipinski definition) is 1. The SMILES string of the molecule is Cc1ccc(C(C)NC(=O)CCOCC(F)(F)F)o1. The molecule has 0 aromatic carbocycles. The van der Waals surface area contributed by atoms with E-state index in [0.29, 0.717) is 5.76 Å². The lowest BCUT2D eigenvalue weighted by Crippen LogP contribution is -2.28. The summed E-state index contributed by atoms with van der Waals surface area (Å²) in [4.78, 5) is 11.4. The van der Waals surface area contributed by atoms with Crippen LogP contribution in [0, 0.1) is 6.92 Å². The van der Waals surface area contributed by atoms with Crippen LogP contribution < -0.4 is 5.32 Å². The second kappa shape index (κ2) is 6.60. The molecule has 19 heavy (non-hydrogen) atoms. The second-order valence-electron chi connectivity index (χ2n) is 4.16. The molecule has 7 heteroatoms. The van der Waals surface area contributed by atoms with E-state index < -0.39 is 12.8 Å². The number of furan rings is 1. The van der Waals surface area contributed by atoms with Crippen LogP contribution in [-0.4, -0.2) is 25.3 Å². The van der Waals surface area contributed by atoms with Gasteiger partial charge in [0.05, 0.1) is 12.6 Å². The average molecular weight is 279 g/mol. The molecule has 1 rings (SSSR count). The number of carbonyl (C=O) groups is 1. The minimum Gasteiger partial charge on any atom is -0.464 e. The summed E-state index contributed by atoms with van der Waals surface area (Å²) in [6, 6.07) is 3.18. The first kappa shape index (κ1) is 15.6. The number of halogens is 3. The van der Waals surface area contributed by atoms with Gasteiger partial charge in [-0.15, -0.1) is 0 Å². The number of alkyl halides is 3. The Balaban J connectivity index is 2.24. The van der Waals surface area contributed by atoms with Crippen LogP contribution in [0.5, 0.6) is 0 Å². The van der Waals surface area contributed by atoms with Gasteiger partial charge in [0.1, 0.15) is 18.1 Å². The molecule has 4 nitrogen and oxygen atoms in total. The number of ether oxygens (including phenoxy) is 1. The van der Waals surface area contributed by atoms with Crippen molar-refractivity contribution in [1.82, 2.24) is 5.32 Å². The number of aryl methyl sites for hydroxylation is 1. The molecular formula is C12H16F3NO3. The monoisotopic (exact) mass is 279 g/mol. The molecule has 0 saturated heterocycles. The highest BCUT2D eigenvalue weighted by atomic mass is 19.4. The van der Waals surface area contributed by atoms with Gasteiger partial charge in [-0.25, -0.2) is 0 Å². The Hall–Kier alpha value is -1.50. The molecule has 1 amide bonds. The third-order valence-electron chi connectivity index (χ3n) is 2.30. The minimum atomic E-state index is -4.37. The number of rotatable bonds is 6. The van der Waals surface area contributed by atoms with E-state index in [9.17, 15) is 18.0 Å². The van der Waals surface area contributed by atoms with Crippen molar-refractivity contribution in [2.75, 3.05) is 13.2 Å². The van der Waals surface area contributed by atoms with E-state index >= 15 is 0 Å². The molecule has 108 valence electrons. The quantitative estimate of drug-likeness (QED) is 0.815. The molecule has 0 aliphatic rings. The third kappa shape index (κ3) is 6.28. The summed E-state index contributed by atoms with van der Waals surface area (Å²) in [6.07, 6.45) is -4.49. The Bertz CT molecular complexity index is 415. The maximum Gasteiger partial charge on any atom is 0.411 e. The Morgan fingerprint density at radius 2 is 2.16 bits per heavy atom. The summed E-state index contributed by atoms with van der Waals surface area (Å²) >= 11 is 0. The lowest BCUT2D eigenvalue weighted by Gasteiger charge is -2.12. The minimum absolute atomic E-state index is 0.125. The first-order valence-electron chi connectivity index (χ1n) is 5.78. The van der Waals surface area contributed by atoms with E-state index in [0.717, 1.165) is 5.76 Å². The normalized spacial score (nSPS) is 13.3. The predicted molar refractivity (Wildman–Crippen MR) is 61.5 cm³/mol. The van der Waals surface area contributed by atoms with Gasteiger partial charge in [0, 0.05) is 6.42 Å². The lowest BCUT2D eigenvalue weighted by molar-refractivity contribution is -0.174. The highest BCUT2D eigenvalue weighted by Crippen LogP contribution is 2.16. The van der Waals surface area contributed by atoms with Crippen LogP contribution in [0.1, 0.15) is 30.9 Å². The standard InChI is InChI=1S/C12H16F3NO3/c1-8-3-4-10(19-8)9(2)16-11(17)5-6-18-7-12(13,14)15/h3-4,9H,5-7H2,1-2H3,(H,16,17). The fraction of sp³-hybridized carbons (Fsp3) is 0.583. The number of carbonyl (C=O) groups excluding carboxylic acids is 1. The van der Waals surface area contributed by atoms with Crippen LogP contribution in [0.4, 0.5) is 13.2 Å². The molecule has 0 bridgehead atoms. The van der Waals surface area contributed by atoms with Gasteiger partial charge in [0.25, 0.3) is 0 Å². The third-order valence-corrected chi connectivity index (χ3v) is 2.30. The van der Waals surface area contributed by atoms with Crippen molar-refractivity contribution >= 4 is 5.91 Å². The van der Waals surface area contributed by atoms with E-state index in [4.69, 9.17) is 4.42 Å². The van der Waals surface area contributed by atoms with Gasteiger partial charge in [0.2, 0.25) is 5.91 Å². The largest absolute Gasteiger partial charge is 0.464 e.